The zero-order chi connectivity index (χ0) is 16.9. The summed E-state index contributed by atoms with van der Waals surface area (Å²) in [6.45, 7) is 7.18. The summed E-state index contributed by atoms with van der Waals surface area (Å²) in [5.74, 6) is 1.94. The fourth-order valence-corrected chi connectivity index (χ4v) is 5.03. The molecule has 0 saturated carbocycles. The van der Waals surface area contributed by atoms with Crippen molar-refractivity contribution in [3.8, 4) is 0 Å². The standard InChI is InChI=1S/C18H28N2O2S/c1-17(2,3)18(9-6-11-20(18)16(21)22)14-23-12-5-8-15-7-4-10-19-13-15/h4,7,10,13H,5-6,8-9,11-12,14H2,1-3H3,(H,21,22)/t18-/m1/s1. The minimum absolute atomic E-state index is 0.0434. The second-order valence-corrected chi connectivity index (χ2v) is 8.44. The molecule has 2 heterocycles. The lowest BCUT2D eigenvalue weighted by Gasteiger charge is -2.47. The van der Waals surface area contributed by atoms with Crippen molar-refractivity contribution in [3.05, 3.63) is 30.1 Å². The monoisotopic (exact) mass is 336 g/mol. The zero-order valence-electron chi connectivity index (χ0n) is 14.4. The molecule has 0 spiro atoms. The third kappa shape index (κ3) is 4.19. The Hall–Kier alpha value is -1.23. The molecule has 1 fully saturated rings. The summed E-state index contributed by atoms with van der Waals surface area (Å²) in [7, 11) is 0. The van der Waals surface area contributed by atoms with Crippen molar-refractivity contribution in [3.63, 3.8) is 0 Å². The van der Waals surface area contributed by atoms with Gasteiger partial charge >= 0.3 is 6.09 Å². The highest BCUT2D eigenvalue weighted by atomic mass is 32.2. The highest BCUT2D eigenvalue weighted by Crippen LogP contribution is 2.45. The number of thioether (sulfide) groups is 1. The van der Waals surface area contributed by atoms with Crippen LogP contribution in [0.25, 0.3) is 0 Å². The van der Waals surface area contributed by atoms with Crippen LogP contribution in [0.2, 0.25) is 0 Å². The van der Waals surface area contributed by atoms with Crippen LogP contribution >= 0.6 is 11.8 Å². The van der Waals surface area contributed by atoms with Crippen LogP contribution < -0.4 is 0 Å². The lowest BCUT2D eigenvalue weighted by molar-refractivity contribution is 0.0478. The molecule has 1 amide bonds. The van der Waals surface area contributed by atoms with Crippen LogP contribution in [0.4, 0.5) is 4.79 Å². The van der Waals surface area contributed by atoms with Crippen molar-refractivity contribution < 1.29 is 9.90 Å². The molecule has 0 unspecified atom stereocenters. The van der Waals surface area contributed by atoms with E-state index in [1.54, 1.807) is 11.1 Å². The first-order valence-corrected chi connectivity index (χ1v) is 9.49. The summed E-state index contributed by atoms with van der Waals surface area (Å²) in [6.07, 6.45) is 7.03. The number of aromatic nitrogens is 1. The molecule has 0 bridgehead atoms. The highest BCUT2D eigenvalue weighted by Gasteiger charge is 2.51. The van der Waals surface area contributed by atoms with Crippen LogP contribution in [-0.4, -0.2) is 44.7 Å². The van der Waals surface area contributed by atoms with Gasteiger partial charge in [-0.25, -0.2) is 4.79 Å². The van der Waals surface area contributed by atoms with Gasteiger partial charge in [0.05, 0.1) is 5.54 Å². The van der Waals surface area contributed by atoms with Gasteiger partial charge in [-0.15, -0.1) is 0 Å². The maximum atomic E-state index is 11.6. The predicted molar refractivity (Wildman–Crippen MR) is 96.0 cm³/mol. The summed E-state index contributed by atoms with van der Waals surface area (Å²) in [5.41, 5.74) is 0.988. The molecule has 0 aliphatic carbocycles. The van der Waals surface area contributed by atoms with Crippen LogP contribution in [0.3, 0.4) is 0 Å². The second-order valence-electron chi connectivity index (χ2n) is 7.34. The van der Waals surface area contributed by atoms with E-state index in [-0.39, 0.29) is 11.0 Å². The van der Waals surface area contributed by atoms with Gasteiger partial charge in [-0.05, 0) is 48.5 Å². The number of hydrogen-bond donors (Lipinski definition) is 1. The SMILES string of the molecule is CC(C)(C)[C@]1(CSCCCc2cccnc2)CCCN1C(=O)O. The van der Waals surface area contributed by atoms with Gasteiger partial charge in [0.2, 0.25) is 0 Å². The Bertz CT molecular complexity index is 516. The minimum Gasteiger partial charge on any atom is -0.465 e. The van der Waals surface area contributed by atoms with Crippen molar-refractivity contribution >= 4 is 17.9 Å². The quantitative estimate of drug-likeness (QED) is 0.787. The molecule has 0 aromatic carbocycles. The van der Waals surface area contributed by atoms with Crippen molar-refractivity contribution in [1.82, 2.24) is 9.88 Å². The molecule has 4 nitrogen and oxygen atoms in total. The number of nitrogens with zero attached hydrogens (tertiary/aromatic N) is 2. The molecule has 1 saturated heterocycles. The zero-order valence-corrected chi connectivity index (χ0v) is 15.2. The number of pyridine rings is 1. The molecular formula is C18H28N2O2S. The number of carboxylic acid groups (broad SMARTS) is 1. The maximum Gasteiger partial charge on any atom is 0.407 e. The van der Waals surface area contributed by atoms with E-state index in [4.69, 9.17) is 0 Å². The van der Waals surface area contributed by atoms with Crippen LogP contribution in [0, 0.1) is 5.41 Å². The average Bonchev–Trinajstić information content (AvgIpc) is 2.93. The van der Waals surface area contributed by atoms with Gasteiger partial charge in [0.25, 0.3) is 0 Å². The van der Waals surface area contributed by atoms with Crippen LogP contribution in [0.15, 0.2) is 24.5 Å². The maximum absolute atomic E-state index is 11.6. The molecule has 128 valence electrons. The van der Waals surface area contributed by atoms with Gasteiger partial charge in [-0.2, -0.15) is 11.8 Å². The summed E-state index contributed by atoms with van der Waals surface area (Å²) in [6, 6.07) is 4.08. The summed E-state index contributed by atoms with van der Waals surface area (Å²) in [4.78, 5) is 17.5. The Morgan fingerprint density at radius 3 is 2.87 bits per heavy atom. The van der Waals surface area contributed by atoms with Gasteiger partial charge < -0.3 is 10.0 Å². The Morgan fingerprint density at radius 1 is 1.48 bits per heavy atom. The lowest BCUT2D eigenvalue weighted by Crippen LogP contribution is -2.57. The molecule has 1 aromatic rings. The smallest absolute Gasteiger partial charge is 0.407 e. The first-order valence-electron chi connectivity index (χ1n) is 8.34. The number of likely N-dealkylation sites (tertiary alicyclic amines) is 1. The van der Waals surface area contributed by atoms with Gasteiger partial charge in [-0.3, -0.25) is 4.98 Å². The normalized spacial score (nSPS) is 21.6. The minimum atomic E-state index is -0.770. The van der Waals surface area contributed by atoms with Gasteiger partial charge in [-0.1, -0.05) is 26.8 Å². The summed E-state index contributed by atoms with van der Waals surface area (Å²) >= 11 is 1.89. The Morgan fingerprint density at radius 2 is 2.26 bits per heavy atom. The highest BCUT2D eigenvalue weighted by molar-refractivity contribution is 7.99. The van der Waals surface area contributed by atoms with Gasteiger partial charge in [0.1, 0.15) is 0 Å². The van der Waals surface area contributed by atoms with Gasteiger partial charge in [0, 0.05) is 24.7 Å². The third-order valence-corrected chi connectivity index (χ3v) is 6.19. The van der Waals surface area contributed by atoms with Crippen molar-refractivity contribution in [2.24, 2.45) is 5.41 Å². The van der Waals surface area contributed by atoms with E-state index in [0.717, 1.165) is 37.2 Å². The molecule has 23 heavy (non-hydrogen) atoms. The van der Waals surface area contributed by atoms with E-state index in [1.807, 2.05) is 24.0 Å². The average molecular weight is 337 g/mol. The van der Waals surface area contributed by atoms with E-state index >= 15 is 0 Å². The molecule has 2 rings (SSSR count). The van der Waals surface area contributed by atoms with Crippen LogP contribution in [0.1, 0.15) is 45.6 Å². The molecule has 0 radical (unpaired) electrons. The summed E-state index contributed by atoms with van der Waals surface area (Å²) in [5, 5.41) is 9.57. The molecule has 1 N–H and O–H groups in total. The Balaban J connectivity index is 1.89. The molecule has 1 aliphatic rings. The lowest BCUT2D eigenvalue weighted by atomic mass is 9.73. The first kappa shape index (κ1) is 18.1. The number of carbonyl (C=O) groups is 1. The van der Waals surface area contributed by atoms with Gasteiger partial charge in [0.15, 0.2) is 0 Å². The number of amides is 1. The van der Waals surface area contributed by atoms with Crippen molar-refractivity contribution in [2.45, 2.75) is 52.0 Å². The predicted octanol–water partition coefficient (Wildman–Crippen LogP) is 4.31. The fraction of sp³-hybridized carbons (Fsp3) is 0.667. The topological polar surface area (TPSA) is 53.4 Å². The van der Waals surface area contributed by atoms with Crippen LogP contribution in [0.5, 0.6) is 0 Å². The van der Waals surface area contributed by atoms with E-state index in [1.165, 1.54) is 5.56 Å². The van der Waals surface area contributed by atoms with E-state index in [0.29, 0.717) is 6.54 Å². The van der Waals surface area contributed by atoms with E-state index < -0.39 is 6.09 Å². The molecule has 5 heteroatoms. The van der Waals surface area contributed by atoms with E-state index in [9.17, 15) is 9.90 Å². The number of aryl methyl sites for hydroxylation is 1. The fourth-order valence-electron chi connectivity index (χ4n) is 3.47. The van der Waals surface area contributed by atoms with Crippen LogP contribution in [-0.2, 0) is 6.42 Å². The molecule has 1 aliphatic heterocycles. The first-order chi connectivity index (χ1) is 10.9. The number of hydrogen-bond acceptors (Lipinski definition) is 3. The molecule has 1 atom stereocenters. The molecule has 1 aromatic heterocycles. The second kappa shape index (κ2) is 7.56. The largest absolute Gasteiger partial charge is 0.465 e. The number of rotatable bonds is 6. The third-order valence-electron chi connectivity index (χ3n) is 4.93. The van der Waals surface area contributed by atoms with Crippen molar-refractivity contribution in [1.29, 1.82) is 0 Å². The molecular weight excluding hydrogens is 308 g/mol. The van der Waals surface area contributed by atoms with E-state index in [2.05, 4.69) is 31.8 Å². The Labute approximate surface area is 143 Å². The Kier molecular flexibility index (Phi) is 5.95. The summed E-state index contributed by atoms with van der Waals surface area (Å²) < 4.78 is 0. The van der Waals surface area contributed by atoms with Crippen molar-refractivity contribution in [2.75, 3.05) is 18.1 Å².